The van der Waals surface area contributed by atoms with Crippen LogP contribution >= 0.6 is 38.6 Å². The van der Waals surface area contributed by atoms with Gasteiger partial charge in [-0.2, -0.15) is 0 Å². The first-order chi connectivity index (χ1) is 6.81. The number of thiophene rings is 1. The van der Waals surface area contributed by atoms with Crippen molar-refractivity contribution in [3.63, 3.8) is 0 Å². The molecule has 2 rings (SSSR count). The Balaban J connectivity index is 2.33. The molecular formula is C9H8BrNOS2. The van der Waals surface area contributed by atoms with Gasteiger partial charge in [0, 0.05) is 13.0 Å². The first-order valence-corrected chi connectivity index (χ1v) is 6.60. The van der Waals surface area contributed by atoms with Crippen molar-refractivity contribution in [1.29, 1.82) is 0 Å². The minimum atomic E-state index is 0.145. The molecule has 74 valence electrons. The third-order valence-electron chi connectivity index (χ3n) is 1.73. The van der Waals surface area contributed by atoms with Crippen LogP contribution in [0.1, 0.15) is 5.69 Å². The van der Waals surface area contributed by atoms with E-state index in [0.717, 1.165) is 14.5 Å². The first kappa shape index (κ1) is 10.3. The zero-order valence-corrected chi connectivity index (χ0v) is 10.5. The number of hydrogen-bond donors (Lipinski definition) is 1. The fraction of sp³-hybridized carbons (Fsp3) is 0.222. The van der Waals surface area contributed by atoms with Gasteiger partial charge in [0.15, 0.2) is 0 Å². The summed E-state index contributed by atoms with van der Waals surface area (Å²) in [6.07, 6.45) is 0.614. The average molecular weight is 290 g/mol. The van der Waals surface area contributed by atoms with E-state index in [-0.39, 0.29) is 6.61 Å². The van der Waals surface area contributed by atoms with Gasteiger partial charge in [-0.05, 0) is 27.4 Å². The SMILES string of the molecule is OCCc1nc(-c2cccs2)sc1Br. The Morgan fingerprint density at radius 2 is 2.36 bits per heavy atom. The van der Waals surface area contributed by atoms with Crippen molar-refractivity contribution < 1.29 is 5.11 Å². The number of rotatable bonds is 3. The molecule has 0 amide bonds. The van der Waals surface area contributed by atoms with Crippen LogP contribution in [0.2, 0.25) is 0 Å². The Bertz CT molecular complexity index is 410. The molecular weight excluding hydrogens is 282 g/mol. The standard InChI is InChI=1S/C9H8BrNOS2/c10-8-6(3-4-12)11-9(14-8)7-2-1-5-13-7/h1-2,5,12H,3-4H2. The van der Waals surface area contributed by atoms with Crippen LogP contribution in [0.5, 0.6) is 0 Å². The lowest BCUT2D eigenvalue weighted by Crippen LogP contribution is -1.91. The Kier molecular flexibility index (Phi) is 3.33. The highest BCUT2D eigenvalue weighted by Crippen LogP contribution is 2.34. The van der Waals surface area contributed by atoms with E-state index in [4.69, 9.17) is 5.11 Å². The Hall–Kier alpha value is -0.230. The van der Waals surface area contributed by atoms with E-state index in [1.54, 1.807) is 22.7 Å². The molecule has 1 N–H and O–H groups in total. The van der Waals surface area contributed by atoms with Crippen molar-refractivity contribution in [2.75, 3.05) is 6.61 Å². The quantitative estimate of drug-likeness (QED) is 0.942. The number of thiazole rings is 1. The molecule has 0 atom stereocenters. The summed E-state index contributed by atoms with van der Waals surface area (Å²) < 4.78 is 1.02. The predicted octanol–water partition coefficient (Wildman–Crippen LogP) is 3.17. The van der Waals surface area contributed by atoms with Crippen LogP contribution < -0.4 is 0 Å². The van der Waals surface area contributed by atoms with Gasteiger partial charge >= 0.3 is 0 Å². The van der Waals surface area contributed by atoms with Crippen LogP contribution in [0.4, 0.5) is 0 Å². The van der Waals surface area contributed by atoms with Gasteiger partial charge in [-0.25, -0.2) is 4.98 Å². The van der Waals surface area contributed by atoms with E-state index in [9.17, 15) is 0 Å². The third-order valence-corrected chi connectivity index (χ3v) is 4.60. The molecule has 14 heavy (non-hydrogen) atoms. The molecule has 0 aromatic carbocycles. The molecule has 0 unspecified atom stereocenters. The fourth-order valence-electron chi connectivity index (χ4n) is 1.10. The van der Waals surface area contributed by atoms with Crippen molar-refractivity contribution in [3.8, 4) is 9.88 Å². The second-order valence-corrected chi connectivity index (χ2v) is 5.95. The fourth-order valence-corrected chi connectivity index (χ4v) is 3.48. The molecule has 0 aliphatic rings. The van der Waals surface area contributed by atoms with Gasteiger partial charge in [-0.15, -0.1) is 22.7 Å². The largest absolute Gasteiger partial charge is 0.396 e. The maximum Gasteiger partial charge on any atom is 0.134 e. The van der Waals surface area contributed by atoms with Crippen LogP contribution in [0, 0.1) is 0 Å². The van der Waals surface area contributed by atoms with E-state index in [0.29, 0.717) is 6.42 Å². The van der Waals surface area contributed by atoms with Crippen LogP contribution in [-0.2, 0) is 6.42 Å². The van der Waals surface area contributed by atoms with Gasteiger partial charge in [0.05, 0.1) is 14.4 Å². The van der Waals surface area contributed by atoms with Gasteiger partial charge in [0.1, 0.15) is 5.01 Å². The van der Waals surface area contributed by atoms with E-state index in [2.05, 4.69) is 27.0 Å². The normalized spacial score (nSPS) is 10.7. The highest BCUT2D eigenvalue weighted by atomic mass is 79.9. The molecule has 0 bridgehead atoms. The molecule has 0 aliphatic carbocycles. The molecule has 2 aromatic heterocycles. The smallest absolute Gasteiger partial charge is 0.134 e. The maximum absolute atomic E-state index is 8.83. The molecule has 0 spiro atoms. The molecule has 0 aliphatic heterocycles. The van der Waals surface area contributed by atoms with Crippen molar-refractivity contribution in [3.05, 3.63) is 27.0 Å². The predicted molar refractivity (Wildman–Crippen MR) is 63.9 cm³/mol. The summed E-state index contributed by atoms with van der Waals surface area (Å²) in [6, 6.07) is 4.07. The molecule has 2 nitrogen and oxygen atoms in total. The van der Waals surface area contributed by atoms with E-state index >= 15 is 0 Å². The third kappa shape index (κ3) is 2.06. The minimum absolute atomic E-state index is 0.145. The number of halogens is 1. The van der Waals surface area contributed by atoms with Crippen LogP contribution in [0.15, 0.2) is 21.3 Å². The Morgan fingerprint density at radius 1 is 1.50 bits per heavy atom. The summed E-state index contributed by atoms with van der Waals surface area (Å²) in [4.78, 5) is 5.64. The van der Waals surface area contributed by atoms with Crippen molar-refractivity contribution in [1.82, 2.24) is 4.98 Å². The second kappa shape index (κ2) is 4.53. The van der Waals surface area contributed by atoms with Crippen LogP contribution in [-0.4, -0.2) is 16.7 Å². The second-order valence-electron chi connectivity index (χ2n) is 2.69. The topological polar surface area (TPSA) is 33.1 Å². The molecule has 0 radical (unpaired) electrons. The van der Waals surface area contributed by atoms with Gasteiger partial charge in [-0.1, -0.05) is 6.07 Å². The molecule has 2 heterocycles. The molecule has 0 saturated heterocycles. The lowest BCUT2D eigenvalue weighted by atomic mass is 10.3. The number of hydrogen-bond acceptors (Lipinski definition) is 4. The van der Waals surface area contributed by atoms with E-state index < -0.39 is 0 Å². The zero-order chi connectivity index (χ0) is 9.97. The summed E-state index contributed by atoms with van der Waals surface area (Å²) in [5, 5.41) is 11.9. The maximum atomic E-state index is 8.83. The molecule has 5 heteroatoms. The van der Waals surface area contributed by atoms with E-state index in [1.165, 1.54) is 4.88 Å². The average Bonchev–Trinajstić information content (AvgIpc) is 2.76. The van der Waals surface area contributed by atoms with Crippen molar-refractivity contribution >= 4 is 38.6 Å². The number of aliphatic hydroxyl groups is 1. The Labute approximate surface area is 98.4 Å². The van der Waals surface area contributed by atoms with Gasteiger partial charge in [0.25, 0.3) is 0 Å². The Morgan fingerprint density at radius 3 is 3.00 bits per heavy atom. The highest BCUT2D eigenvalue weighted by Gasteiger charge is 2.10. The number of aliphatic hydroxyl groups excluding tert-OH is 1. The zero-order valence-electron chi connectivity index (χ0n) is 7.24. The summed E-state index contributed by atoms with van der Waals surface area (Å²) in [6.45, 7) is 0.145. The monoisotopic (exact) mass is 289 g/mol. The summed E-state index contributed by atoms with van der Waals surface area (Å²) in [7, 11) is 0. The van der Waals surface area contributed by atoms with E-state index in [1.807, 2.05) is 11.4 Å². The van der Waals surface area contributed by atoms with Gasteiger partial charge < -0.3 is 5.11 Å². The summed E-state index contributed by atoms with van der Waals surface area (Å²) in [5.41, 5.74) is 0.945. The van der Waals surface area contributed by atoms with Crippen molar-refractivity contribution in [2.24, 2.45) is 0 Å². The highest BCUT2D eigenvalue weighted by molar-refractivity contribution is 9.11. The van der Waals surface area contributed by atoms with Gasteiger partial charge in [-0.3, -0.25) is 0 Å². The van der Waals surface area contributed by atoms with Crippen LogP contribution in [0.3, 0.4) is 0 Å². The van der Waals surface area contributed by atoms with Crippen LogP contribution in [0.25, 0.3) is 9.88 Å². The first-order valence-electron chi connectivity index (χ1n) is 4.11. The minimum Gasteiger partial charge on any atom is -0.396 e. The number of aromatic nitrogens is 1. The van der Waals surface area contributed by atoms with Crippen molar-refractivity contribution in [2.45, 2.75) is 6.42 Å². The molecule has 0 saturated carbocycles. The summed E-state index contributed by atoms with van der Waals surface area (Å²) >= 11 is 6.75. The lowest BCUT2D eigenvalue weighted by molar-refractivity contribution is 0.298. The molecule has 2 aromatic rings. The van der Waals surface area contributed by atoms with Gasteiger partial charge in [0.2, 0.25) is 0 Å². The molecule has 0 fully saturated rings. The summed E-state index contributed by atoms with van der Waals surface area (Å²) in [5.74, 6) is 0. The number of nitrogens with zero attached hydrogens (tertiary/aromatic N) is 1. The lowest BCUT2D eigenvalue weighted by Gasteiger charge is -1.90.